The minimum absolute atomic E-state index is 0.0536. The van der Waals surface area contributed by atoms with Gasteiger partial charge in [0.2, 0.25) is 11.8 Å². The van der Waals surface area contributed by atoms with E-state index in [4.69, 9.17) is 17.0 Å². The van der Waals surface area contributed by atoms with E-state index in [0.29, 0.717) is 5.69 Å². The minimum Gasteiger partial charge on any atom is -0.497 e. The normalized spacial score (nSPS) is 10.3. The summed E-state index contributed by atoms with van der Waals surface area (Å²) in [6, 6.07) is 14.5. The summed E-state index contributed by atoms with van der Waals surface area (Å²) in [7, 11) is 3.30. The molecule has 140 valence electrons. The number of methoxy groups -OCH3 is 1. The van der Waals surface area contributed by atoms with Crippen LogP contribution >= 0.6 is 12.2 Å². The van der Waals surface area contributed by atoms with Crippen molar-refractivity contribution >= 4 is 46.6 Å². The predicted molar refractivity (Wildman–Crippen MR) is 112 cm³/mol. The second-order valence-electron chi connectivity index (χ2n) is 5.67. The summed E-state index contributed by atoms with van der Waals surface area (Å²) in [4.78, 5) is 24.9. The Labute approximate surface area is 163 Å². The average Bonchev–Trinajstić information content (AvgIpc) is 2.66. The van der Waals surface area contributed by atoms with Crippen molar-refractivity contribution in [2.45, 2.75) is 6.92 Å². The van der Waals surface area contributed by atoms with Crippen LogP contribution in [0.5, 0.6) is 5.75 Å². The fraction of sp³-hybridized carbons (Fsp3) is 0.150. The first-order valence-corrected chi connectivity index (χ1v) is 8.58. The standard InChI is InChI=1S/C20H21N3O3S/c1-14(24)23(2)17-9-7-16(8-10-17)21-20(27)22-19(25)13-6-15-4-11-18(26-3)12-5-15/h4-13H,1-3H3,(H2,21,22,25,27). The summed E-state index contributed by atoms with van der Waals surface area (Å²) in [6.45, 7) is 1.50. The maximum Gasteiger partial charge on any atom is 0.250 e. The highest BCUT2D eigenvalue weighted by atomic mass is 32.1. The summed E-state index contributed by atoms with van der Waals surface area (Å²) in [6.07, 6.45) is 3.09. The summed E-state index contributed by atoms with van der Waals surface area (Å²) in [5, 5.41) is 5.70. The van der Waals surface area contributed by atoms with Crippen LogP contribution in [0.4, 0.5) is 11.4 Å². The van der Waals surface area contributed by atoms with Gasteiger partial charge in [-0.25, -0.2) is 0 Å². The molecule has 27 heavy (non-hydrogen) atoms. The highest BCUT2D eigenvalue weighted by Crippen LogP contribution is 2.17. The lowest BCUT2D eigenvalue weighted by molar-refractivity contribution is -0.116. The fourth-order valence-electron chi connectivity index (χ4n) is 2.15. The van der Waals surface area contributed by atoms with Gasteiger partial charge in [-0.15, -0.1) is 0 Å². The van der Waals surface area contributed by atoms with Crippen molar-refractivity contribution in [2.75, 3.05) is 24.4 Å². The van der Waals surface area contributed by atoms with Gasteiger partial charge in [0.25, 0.3) is 0 Å². The molecule has 7 heteroatoms. The van der Waals surface area contributed by atoms with Gasteiger partial charge in [0.1, 0.15) is 5.75 Å². The van der Waals surface area contributed by atoms with Gasteiger partial charge in [0.15, 0.2) is 5.11 Å². The molecular weight excluding hydrogens is 362 g/mol. The molecule has 0 atom stereocenters. The molecule has 0 bridgehead atoms. The molecule has 2 N–H and O–H groups in total. The lowest BCUT2D eigenvalue weighted by atomic mass is 10.2. The highest BCUT2D eigenvalue weighted by Gasteiger charge is 2.06. The topological polar surface area (TPSA) is 70.7 Å². The number of rotatable bonds is 5. The molecule has 2 aromatic carbocycles. The molecule has 0 spiro atoms. The zero-order valence-electron chi connectivity index (χ0n) is 15.4. The number of thiocarbonyl (C=S) groups is 1. The first-order chi connectivity index (χ1) is 12.9. The number of amides is 2. The number of nitrogens with zero attached hydrogens (tertiary/aromatic N) is 1. The summed E-state index contributed by atoms with van der Waals surface area (Å²) >= 11 is 5.14. The molecule has 2 rings (SSSR count). The number of hydrogen-bond donors (Lipinski definition) is 2. The smallest absolute Gasteiger partial charge is 0.250 e. The van der Waals surface area contributed by atoms with Crippen LogP contribution in [0, 0.1) is 0 Å². The van der Waals surface area contributed by atoms with Crippen LogP contribution in [0.3, 0.4) is 0 Å². The van der Waals surface area contributed by atoms with Gasteiger partial charge >= 0.3 is 0 Å². The number of nitrogens with one attached hydrogen (secondary N) is 2. The molecule has 0 unspecified atom stereocenters. The first kappa shape index (κ1) is 20.1. The highest BCUT2D eigenvalue weighted by molar-refractivity contribution is 7.80. The molecule has 2 amide bonds. The Morgan fingerprint density at radius 3 is 2.26 bits per heavy atom. The SMILES string of the molecule is COc1ccc(C=CC(=O)NC(=S)Nc2ccc(N(C)C(C)=O)cc2)cc1. The van der Waals surface area contributed by atoms with E-state index in [1.54, 1.807) is 44.5 Å². The van der Waals surface area contributed by atoms with Crippen molar-refractivity contribution in [3.8, 4) is 5.75 Å². The van der Waals surface area contributed by atoms with Crippen LogP contribution in [0.2, 0.25) is 0 Å². The number of carbonyl (C=O) groups is 2. The van der Waals surface area contributed by atoms with Crippen LogP contribution in [0.25, 0.3) is 6.08 Å². The maximum absolute atomic E-state index is 12.0. The third-order valence-corrected chi connectivity index (χ3v) is 3.97. The van der Waals surface area contributed by atoms with Crippen molar-refractivity contribution in [2.24, 2.45) is 0 Å². The van der Waals surface area contributed by atoms with Gasteiger partial charge in [-0.2, -0.15) is 0 Å². The largest absolute Gasteiger partial charge is 0.497 e. The van der Waals surface area contributed by atoms with E-state index in [2.05, 4.69) is 10.6 Å². The van der Waals surface area contributed by atoms with Crippen LogP contribution in [-0.2, 0) is 9.59 Å². The van der Waals surface area contributed by atoms with Gasteiger partial charge in [0, 0.05) is 31.4 Å². The second-order valence-corrected chi connectivity index (χ2v) is 6.08. The van der Waals surface area contributed by atoms with Crippen LogP contribution < -0.4 is 20.3 Å². The minimum atomic E-state index is -0.337. The quantitative estimate of drug-likeness (QED) is 0.613. The number of anilines is 2. The summed E-state index contributed by atoms with van der Waals surface area (Å²) in [5.41, 5.74) is 2.35. The van der Waals surface area contributed by atoms with Gasteiger partial charge in [-0.1, -0.05) is 12.1 Å². The fourth-order valence-corrected chi connectivity index (χ4v) is 2.37. The Balaban J connectivity index is 1.87. The molecule has 0 aliphatic carbocycles. The third kappa shape index (κ3) is 6.23. The van der Waals surface area contributed by atoms with Crippen LogP contribution in [-0.4, -0.2) is 31.1 Å². The van der Waals surface area contributed by atoms with E-state index in [-0.39, 0.29) is 16.9 Å². The molecule has 0 aliphatic rings. The Hall–Kier alpha value is -3.19. The molecule has 0 saturated carbocycles. The number of hydrogen-bond acceptors (Lipinski definition) is 4. The molecule has 0 aliphatic heterocycles. The lowest BCUT2D eigenvalue weighted by Crippen LogP contribution is -2.32. The Morgan fingerprint density at radius 2 is 1.70 bits per heavy atom. The lowest BCUT2D eigenvalue weighted by Gasteiger charge is -2.15. The van der Waals surface area contributed by atoms with E-state index in [1.807, 2.05) is 24.3 Å². The Kier molecular flexibility index (Phi) is 7.08. The van der Waals surface area contributed by atoms with E-state index in [0.717, 1.165) is 17.0 Å². The third-order valence-electron chi connectivity index (χ3n) is 3.76. The number of benzene rings is 2. The number of carbonyl (C=O) groups excluding carboxylic acids is 2. The van der Waals surface area contributed by atoms with E-state index in [9.17, 15) is 9.59 Å². The van der Waals surface area contributed by atoms with E-state index in [1.165, 1.54) is 17.9 Å². The summed E-state index contributed by atoms with van der Waals surface area (Å²) in [5.74, 6) is 0.362. The Bertz CT molecular complexity index is 846. The zero-order chi connectivity index (χ0) is 19.8. The van der Waals surface area contributed by atoms with Crippen molar-refractivity contribution in [1.82, 2.24) is 5.32 Å². The zero-order valence-corrected chi connectivity index (χ0v) is 16.2. The monoisotopic (exact) mass is 383 g/mol. The predicted octanol–water partition coefficient (Wildman–Crippen LogP) is 3.20. The molecule has 2 aromatic rings. The van der Waals surface area contributed by atoms with Crippen LogP contribution in [0.15, 0.2) is 54.6 Å². The van der Waals surface area contributed by atoms with E-state index >= 15 is 0 Å². The first-order valence-electron chi connectivity index (χ1n) is 8.17. The molecular formula is C20H21N3O3S. The van der Waals surface area contributed by atoms with E-state index < -0.39 is 0 Å². The Morgan fingerprint density at radius 1 is 1.07 bits per heavy atom. The van der Waals surface area contributed by atoms with Gasteiger partial charge in [-0.05, 0) is 60.3 Å². The molecule has 0 heterocycles. The van der Waals surface area contributed by atoms with Crippen molar-refractivity contribution in [3.63, 3.8) is 0 Å². The second kappa shape index (κ2) is 9.49. The molecule has 0 saturated heterocycles. The van der Waals surface area contributed by atoms with Gasteiger partial charge in [0.05, 0.1) is 7.11 Å². The molecule has 0 fully saturated rings. The summed E-state index contributed by atoms with van der Waals surface area (Å²) < 4.78 is 5.09. The number of ether oxygens (including phenoxy) is 1. The molecule has 6 nitrogen and oxygen atoms in total. The van der Waals surface area contributed by atoms with Crippen LogP contribution in [0.1, 0.15) is 12.5 Å². The van der Waals surface area contributed by atoms with Crippen molar-refractivity contribution in [3.05, 3.63) is 60.2 Å². The molecule has 0 aromatic heterocycles. The maximum atomic E-state index is 12.0. The van der Waals surface area contributed by atoms with Gasteiger partial charge < -0.3 is 15.0 Å². The van der Waals surface area contributed by atoms with Gasteiger partial charge in [-0.3, -0.25) is 14.9 Å². The average molecular weight is 383 g/mol. The molecule has 0 radical (unpaired) electrons. The van der Waals surface area contributed by atoms with Crippen molar-refractivity contribution < 1.29 is 14.3 Å². The van der Waals surface area contributed by atoms with Crippen molar-refractivity contribution in [1.29, 1.82) is 0 Å².